The molecule has 8 nitrogen and oxygen atoms in total. The van der Waals surface area contributed by atoms with Gasteiger partial charge in [-0.1, -0.05) is 12.1 Å². The highest BCUT2D eigenvalue weighted by molar-refractivity contribution is 7.12. The number of hydrogen-bond acceptors (Lipinski definition) is 6. The molecule has 3 N–H and O–H groups in total. The monoisotopic (exact) mass is 415 g/mol. The van der Waals surface area contributed by atoms with Gasteiger partial charge in [0.05, 0.1) is 16.4 Å². The molecule has 152 valence electrons. The molecule has 0 aliphatic carbocycles. The molecule has 29 heavy (non-hydrogen) atoms. The number of nitrogens with zero attached hydrogens (tertiary/aromatic N) is 1. The highest BCUT2D eigenvalue weighted by Gasteiger charge is 2.27. The fourth-order valence-corrected chi connectivity index (χ4v) is 3.68. The maximum Gasteiger partial charge on any atom is 0.338 e. The maximum atomic E-state index is 12.3. The Kier molecular flexibility index (Phi) is 6.61. The zero-order valence-electron chi connectivity index (χ0n) is 15.6. The Bertz CT molecular complexity index is 913. The SMILES string of the molecule is NC(=O)[C@@H]1CCCN(C(=O)COC(=O)c2cccc(NC(=O)c3cccs3)c2)C1. The highest BCUT2D eigenvalue weighted by Crippen LogP contribution is 2.17. The van der Waals surface area contributed by atoms with Crippen LogP contribution in [-0.2, 0) is 14.3 Å². The topological polar surface area (TPSA) is 119 Å². The largest absolute Gasteiger partial charge is 0.452 e. The van der Waals surface area contributed by atoms with Crippen LogP contribution >= 0.6 is 11.3 Å². The number of likely N-dealkylation sites (tertiary alicyclic amines) is 1. The fourth-order valence-electron chi connectivity index (χ4n) is 3.06. The van der Waals surface area contributed by atoms with Gasteiger partial charge in [0.15, 0.2) is 6.61 Å². The van der Waals surface area contributed by atoms with Gasteiger partial charge in [0.1, 0.15) is 0 Å². The van der Waals surface area contributed by atoms with Gasteiger partial charge in [-0.05, 0) is 42.5 Å². The van der Waals surface area contributed by atoms with Crippen LogP contribution in [0.5, 0.6) is 0 Å². The van der Waals surface area contributed by atoms with Crippen molar-refractivity contribution in [1.29, 1.82) is 0 Å². The van der Waals surface area contributed by atoms with Crippen LogP contribution in [0.4, 0.5) is 5.69 Å². The fraction of sp³-hybridized carbons (Fsp3) is 0.300. The summed E-state index contributed by atoms with van der Waals surface area (Å²) < 4.78 is 5.11. The maximum absolute atomic E-state index is 12.3. The molecular weight excluding hydrogens is 394 g/mol. The number of anilines is 1. The summed E-state index contributed by atoms with van der Waals surface area (Å²) in [5.41, 5.74) is 5.98. The first kappa shape index (κ1) is 20.5. The summed E-state index contributed by atoms with van der Waals surface area (Å²) in [6.45, 7) is 0.330. The first-order valence-corrected chi connectivity index (χ1v) is 10.0. The van der Waals surface area contributed by atoms with Gasteiger partial charge in [0.2, 0.25) is 5.91 Å². The van der Waals surface area contributed by atoms with Crippen molar-refractivity contribution in [3.05, 3.63) is 52.2 Å². The van der Waals surface area contributed by atoms with E-state index in [1.54, 1.807) is 29.6 Å². The average molecular weight is 415 g/mol. The predicted octanol–water partition coefficient (Wildman–Crippen LogP) is 1.88. The van der Waals surface area contributed by atoms with E-state index in [1.807, 2.05) is 0 Å². The van der Waals surface area contributed by atoms with Crippen LogP contribution in [-0.4, -0.2) is 48.3 Å². The zero-order valence-corrected chi connectivity index (χ0v) is 16.4. The van der Waals surface area contributed by atoms with Gasteiger partial charge in [0.25, 0.3) is 11.8 Å². The van der Waals surface area contributed by atoms with Gasteiger partial charge in [-0.2, -0.15) is 0 Å². The molecule has 1 atom stereocenters. The number of esters is 1. The molecule has 0 unspecified atom stereocenters. The molecule has 1 fully saturated rings. The lowest BCUT2D eigenvalue weighted by atomic mass is 9.97. The minimum absolute atomic E-state index is 0.218. The molecule has 3 amide bonds. The lowest BCUT2D eigenvalue weighted by Crippen LogP contribution is -2.45. The average Bonchev–Trinajstić information content (AvgIpc) is 3.27. The second-order valence-corrected chi connectivity index (χ2v) is 7.62. The van der Waals surface area contributed by atoms with Crippen LogP contribution in [0.1, 0.15) is 32.9 Å². The van der Waals surface area contributed by atoms with Crippen LogP contribution in [0.15, 0.2) is 41.8 Å². The highest BCUT2D eigenvalue weighted by atomic mass is 32.1. The van der Waals surface area contributed by atoms with E-state index in [4.69, 9.17) is 10.5 Å². The molecule has 9 heteroatoms. The third-order valence-electron chi connectivity index (χ3n) is 4.60. The van der Waals surface area contributed by atoms with Crippen molar-refractivity contribution in [1.82, 2.24) is 4.90 Å². The van der Waals surface area contributed by atoms with Crippen molar-refractivity contribution in [2.75, 3.05) is 25.0 Å². The molecular formula is C20H21N3O5S. The van der Waals surface area contributed by atoms with Crippen molar-refractivity contribution in [3.8, 4) is 0 Å². The van der Waals surface area contributed by atoms with E-state index in [-0.39, 0.29) is 29.8 Å². The molecule has 1 aliphatic heterocycles. The van der Waals surface area contributed by atoms with E-state index in [0.717, 1.165) is 0 Å². The van der Waals surface area contributed by atoms with Crippen molar-refractivity contribution in [3.63, 3.8) is 0 Å². The predicted molar refractivity (Wildman–Crippen MR) is 107 cm³/mol. The van der Waals surface area contributed by atoms with Crippen LogP contribution in [0, 0.1) is 5.92 Å². The smallest absolute Gasteiger partial charge is 0.338 e. The number of carbonyl (C=O) groups is 4. The lowest BCUT2D eigenvalue weighted by Gasteiger charge is -2.31. The third-order valence-corrected chi connectivity index (χ3v) is 5.47. The van der Waals surface area contributed by atoms with Gasteiger partial charge >= 0.3 is 5.97 Å². The number of nitrogens with two attached hydrogens (primary N) is 1. The van der Waals surface area contributed by atoms with Crippen LogP contribution in [0.25, 0.3) is 0 Å². The number of hydrogen-bond donors (Lipinski definition) is 2. The summed E-state index contributed by atoms with van der Waals surface area (Å²) in [7, 11) is 0. The molecule has 1 aliphatic rings. The summed E-state index contributed by atoms with van der Waals surface area (Å²) in [4.78, 5) is 50.1. The lowest BCUT2D eigenvalue weighted by molar-refractivity contribution is -0.137. The first-order valence-electron chi connectivity index (χ1n) is 9.13. The Labute approximate surface area is 171 Å². The van der Waals surface area contributed by atoms with Crippen LogP contribution in [0.2, 0.25) is 0 Å². The molecule has 1 aromatic carbocycles. The minimum atomic E-state index is -0.672. The number of benzene rings is 1. The minimum Gasteiger partial charge on any atom is -0.452 e. The van der Waals surface area contributed by atoms with Crippen molar-refractivity contribution in [2.24, 2.45) is 11.7 Å². The number of thiophene rings is 1. The Hall–Kier alpha value is -3.20. The summed E-state index contributed by atoms with van der Waals surface area (Å²) in [6, 6.07) is 9.78. The van der Waals surface area contributed by atoms with Gasteiger partial charge < -0.3 is 20.7 Å². The number of ether oxygens (including phenoxy) is 1. The van der Waals surface area contributed by atoms with Crippen molar-refractivity contribution in [2.45, 2.75) is 12.8 Å². The zero-order chi connectivity index (χ0) is 20.8. The number of amides is 3. The Morgan fingerprint density at radius 2 is 2.03 bits per heavy atom. The van der Waals surface area contributed by atoms with E-state index >= 15 is 0 Å². The Morgan fingerprint density at radius 1 is 1.21 bits per heavy atom. The number of primary amides is 1. The molecule has 3 rings (SSSR count). The molecule has 0 bridgehead atoms. The summed E-state index contributed by atoms with van der Waals surface area (Å²) in [5, 5.41) is 4.52. The van der Waals surface area contributed by atoms with Gasteiger partial charge in [-0.3, -0.25) is 14.4 Å². The molecule has 2 aromatic rings. The van der Waals surface area contributed by atoms with Gasteiger partial charge in [0, 0.05) is 18.8 Å². The number of piperidine rings is 1. The van der Waals surface area contributed by atoms with E-state index in [9.17, 15) is 19.2 Å². The van der Waals surface area contributed by atoms with Crippen molar-refractivity contribution >= 4 is 40.7 Å². The molecule has 0 saturated carbocycles. The van der Waals surface area contributed by atoms with E-state index in [1.165, 1.54) is 28.4 Å². The molecule has 0 spiro atoms. The summed E-state index contributed by atoms with van der Waals surface area (Å²) in [6.07, 6.45) is 1.34. The van der Waals surface area contributed by atoms with Crippen molar-refractivity contribution < 1.29 is 23.9 Å². The summed E-state index contributed by atoms with van der Waals surface area (Å²) >= 11 is 1.31. The van der Waals surface area contributed by atoms with Gasteiger partial charge in [-0.25, -0.2) is 4.79 Å². The van der Waals surface area contributed by atoms with Crippen LogP contribution in [0.3, 0.4) is 0 Å². The number of carbonyl (C=O) groups excluding carboxylic acids is 4. The van der Waals surface area contributed by atoms with E-state index in [0.29, 0.717) is 30.0 Å². The number of rotatable bonds is 6. The second-order valence-electron chi connectivity index (χ2n) is 6.67. The second kappa shape index (κ2) is 9.33. The normalized spacial score (nSPS) is 16.1. The van der Waals surface area contributed by atoms with E-state index < -0.39 is 18.5 Å². The number of nitrogens with one attached hydrogen (secondary N) is 1. The molecule has 1 aromatic heterocycles. The summed E-state index contributed by atoms with van der Waals surface area (Å²) in [5.74, 6) is -2.11. The van der Waals surface area contributed by atoms with Crippen LogP contribution < -0.4 is 11.1 Å². The Balaban J connectivity index is 1.54. The quantitative estimate of drug-likeness (QED) is 0.698. The standard InChI is InChI=1S/C20H21N3O5S/c21-18(25)14-5-2-8-23(11-14)17(24)12-28-20(27)13-4-1-6-15(10-13)22-19(26)16-7-3-9-29-16/h1,3-4,6-7,9-10,14H,2,5,8,11-12H2,(H2,21,25)(H,22,26)/t14-/m1/s1. The molecule has 0 radical (unpaired) electrons. The van der Waals surface area contributed by atoms with E-state index in [2.05, 4.69) is 5.32 Å². The third kappa shape index (κ3) is 5.41. The molecule has 1 saturated heterocycles. The first-order chi connectivity index (χ1) is 13.9. The Morgan fingerprint density at radius 3 is 2.76 bits per heavy atom. The molecule has 2 heterocycles. The van der Waals surface area contributed by atoms with Gasteiger partial charge in [-0.15, -0.1) is 11.3 Å².